The van der Waals surface area contributed by atoms with Crippen molar-refractivity contribution in [3.8, 4) is 0 Å². The molecule has 0 saturated carbocycles. The smallest absolute Gasteiger partial charge is 0.306 e. The first kappa shape index (κ1) is 11.2. The van der Waals surface area contributed by atoms with Crippen molar-refractivity contribution in [2.45, 2.75) is 19.4 Å². The molecule has 0 spiro atoms. The molecule has 1 atom stereocenters. The number of carbonyl (C=O) groups is 1. The van der Waals surface area contributed by atoms with E-state index >= 15 is 0 Å². The van der Waals surface area contributed by atoms with E-state index in [1.54, 1.807) is 12.1 Å². The molecule has 0 aliphatic rings. The van der Waals surface area contributed by atoms with E-state index in [4.69, 9.17) is 5.11 Å². The third-order valence-corrected chi connectivity index (χ3v) is 2.90. The van der Waals surface area contributed by atoms with Crippen molar-refractivity contribution in [2.75, 3.05) is 0 Å². The number of carboxylic acids is 1. The second kappa shape index (κ2) is 4.57. The fourth-order valence-electron chi connectivity index (χ4n) is 1.26. The maximum atomic E-state index is 10.4. The Bertz CT molecular complexity index is 349. The lowest BCUT2D eigenvalue weighted by Gasteiger charge is -2.12. The number of aliphatic carboxylic acids is 1. The third-order valence-electron chi connectivity index (χ3n) is 2.04. The van der Waals surface area contributed by atoms with E-state index < -0.39 is 12.1 Å². The molecule has 1 aromatic rings. The van der Waals surface area contributed by atoms with Gasteiger partial charge in [0, 0.05) is 4.47 Å². The quantitative estimate of drug-likeness (QED) is 0.875. The van der Waals surface area contributed by atoms with Crippen LogP contribution in [-0.4, -0.2) is 16.2 Å². The Morgan fingerprint density at radius 1 is 1.57 bits per heavy atom. The number of carboxylic acid groups (broad SMARTS) is 1. The average molecular weight is 259 g/mol. The fraction of sp³-hybridized carbons (Fsp3) is 0.300. The molecule has 0 bridgehead atoms. The minimum absolute atomic E-state index is 0.267. The summed E-state index contributed by atoms with van der Waals surface area (Å²) < 4.78 is 0.874. The lowest BCUT2D eigenvalue weighted by Crippen LogP contribution is -2.06. The number of aliphatic hydroxyl groups is 1. The van der Waals surface area contributed by atoms with Gasteiger partial charge in [-0.1, -0.05) is 28.1 Å². The Balaban J connectivity index is 2.95. The van der Waals surface area contributed by atoms with Crippen LogP contribution in [0.2, 0.25) is 0 Å². The van der Waals surface area contributed by atoms with Crippen molar-refractivity contribution in [3.05, 3.63) is 33.8 Å². The van der Waals surface area contributed by atoms with E-state index in [0.29, 0.717) is 5.56 Å². The van der Waals surface area contributed by atoms with Gasteiger partial charge in [0.2, 0.25) is 0 Å². The minimum Gasteiger partial charge on any atom is -0.481 e. The minimum atomic E-state index is -1.00. The monoisotopic (exact) mass is 258 g/mol. The van der Waals surface area contributed by atoms with Gasteiger partial charge < -0.3 is 10.2 Å². The van der Waals surface area contributed by atoms with E-state index in [0.717, 1.165) is 10.0 Å². The van der Waals surface area contributed by atoms with Crippen molar-refractivity contribution in [2.24, 2.45) is 0 Å². The largest absolute Gasteiger partial charge is 0.481 e. The molecular weight excluding hydrogens is 248 g/mol. The number of benzene rings is 1. The molecule has 0 aliphatic carbocycles. The molecule has 76 valence electrons. The van der Waals surface area contributed by atoms with Crippen LogP contribution >= 0.6 is 15.9 Å². The van der Waals surface area contributed by atoms with Crippen LogP contribution in [0.3, 0.4) is 0 Å². The van der Waals surface area contributed by atoms with Crippen LogP contribution in [0, 0.1) is 6.92 Å². The van der Waals surface area contributed by atoms with Gasteiger partial charge in [0.05, 0.1) is 12.5 Å². The number of hydrogen-bond donors (Lipinski definition) is 2. The molecule has 2 N–H and O–H groups in total. The van der Waals surface area contributed by atoms with E-state index in [9.17, 15) is 9.90 Å². The van der Waals surface area contributed by atoms with Crippen LogP contribution in [0.5, 0.6) is 0 Å². The summed E-state index contributed by atoms with van der Waals surface area (Å²) in [7, 11) is 0. The normalized spacial score (nSPS) is 12.5. The van der Waals surface area contributed by atoms with Gasteiger partial charge in [-0.3, -0.25) is 4.79 Å². The van der Waals surface area contributed by atoms with Gasteiger partial charge in [-0.15, -0.1) is 0 Å². The van der Waals surface area contributed by atoms with Crippen molar-refractivity contribution in [3.63, 3.8) is 0 Å². The summed E-state index contributed by atoms with van der Waals surface area (Å²) in [5, 5.41) is 18.1. The topological polar surface area (TPSA) is 57.5 Å². The number of halogens is 1. The second-order valence-electron chi connectivity index (χ2n) is 3.07. The molecule has 1 aromatic carbocycles. The van der Waals surface area contributed by atoms with Gasteiger partial charge in [0.25, 0.3) is 0 Å². The van der Waals surface area contributed by atoms with Gasteiger partial charge in [-0.2, -0.15) is 0 Å². The molecule has 0 heterocycles. The van der Waals surface area contributed by atoms with Gasteiger partial charge in [0.15, 0.2) is 0 Å². The summed E-state index contributed by atoms with van der Waals surface area (Å²) in [5.41, 5.74) is 1.53. The van der Waals surface area contributed by atoms with Crippen LogP contribution in [0.25, 0.3) is 0 Å². The molecule has 14 heavy (non-hydrogen) atoms. The molecule has 0 amide bonds. The van der Waals surface area contributed by atoms with Crippen LogP contribution in [0.15, 0.2) is 22.7 Å². The van der Waals surface area contributed by atoms with Crippen molar-refractivity contribution in [1.82, 2.24) is 0 Å². The highest BCUT2D eigenvalue weighted by atomic mass is 79.9. The predicted molar refractivity (Wildman–Crippen MR) is 56.1 cm³/mol. The zero-order valence-electron chi connectivity index (χ0n) is 7.70. The Hall–Kier alpha value is -0.870. The summed E-state index contributed by atoms with van der Waals surface area (Å²) in [6, 6.07) is 5.36. The lowest BCUT2D eigenvalue weighted by atomic mass is 10.0. The van der Waals surface area contributed by atoms with E-state index in [1.165, 1.54) is 0 Å². The fourth-order valence-corrected chi connectivity index (χ4v) is 1.64. The second-order valence-corrected chi connectivity index (χ2v) is 3.92. The molecule has 0 unspecified atom stereocenters. The zero-order chi connectivity index (χ0) is 10.7. The van der Waals surface area contributed by atoms with Crippen LogP contribution in [0.4, 0.5) is 0 Å². The van der Waals surface area contributed by atoms with Crippen LogP contribution in [0.1, 0.15) is 23.7 Å². The molecular formula is C10H11BrO3. The highest BCUT2D eigenvalue weighted by molar-refractivity contribution is 9.10. The summed E-state index contributed by atoms with van der Waals surface area (Å²) in [4.78, 5) is 10.4. The summed E-state index contributed by atoms with van der Waals surface area (Å²) in [5.74, 6) is -1.00. The first-order valence-electron chi connectivity index (χ1n) is 4.17. The average Bonchev–Trinajstić information content (AvgIpc) is 2.08. The van der Waals surface area contributed by atoms with Crippen LogP contribution in [-0.2, 0) is 4.79 Å². The van der Waals surface area contributed by atoms with Crippen molar-refractivity contribution >= 4 is 21.9 Å². The predicted octanol–water partition coefficient (Wildman–Crippen LogP) is 2.27. The third kappa shape index (κ3) is 2.56. The van der Waals surface area contributed by atoms with E-state index in [1.807, 2.05) is 13.0 Å². The highest BCUT2D eigenvalue weighted by Gasteiger charge is 2.14. The summed E-state index contributed by atoms with van der Waals surface area (Å²) >= 11 is 3.32. The Labute approximate surface area is 90.5 Å². The van der Waals surface area contributed by atoms with E-state index in [-0.39, 0.29) is 6.42 Å². The number of rotatable bonds is 3. The lowest BCUT2D eigenvalue weighted by molar-refractivity contribution is -0.139. The molecule has 0 saturated heterocycles. The van der Waals surface area contributed by atoms with Gasteiger partial charge >= 0.3 is 5.97 Å². The molecule has 1 rings (SSSR count). The number of aliphatic hydroxyl groups excluding tert-OH is 1. The molecule has 4 heteroatoms. The standard InChI is InChI=1S/C10H11BrO3/c1-6-7(3-2-4-8(6)11)9(12)5-10(13)14/h2-4,9,12H,5H2,1H3,(H,13,14)/t9-/m1/s1. The van der Waals surface area contributed by atoms with Crippen molar-refractivity contribution < 1.29 is 15.0 Å². The van der Waals surface area contributed by atoms with Crippen molar-refractivity contribution in [1.29, 1.82) is 0 Å². The highest BCUT2D eigenvalue weighted by Crippen LogP contribution is 2.26. The Kier molecular flexibility index (Phi) is 3.66. The molecule has 0 fully saturated rings. The van der Waals surface area contributed by atoms with Gasteiger partial charge in [-0.05, 0) is 24.1 Å². The number of hydrogen-bond acceptors (Lipinski definition) is 2. The Morgan fingerprint density at radius 3 is 2.79 bits per heavy atom. The van der Waals surface area contributed by atoms with Crippen LogP contribution < -0.4 is 0 Å². The molecule has 3 nitrogen and oxygen atoms in total. The SMILES string of the molecule is Cc1c(Br)cccc1[C@H](O)CC(=O)O. The summed E-state index contributed by atoms with van der Waals surface area (Å²) in [6.07, 6.45) is -1.21. The van der Waals surface area contributed by atoms with E-state index in [2.05, 4.69) is 15.9 Å². The first-order chi connectivity index (χ1) is 6.52. The van der Waals surface area contributed by atoms with Gasteiger partial charge in [-0.25, -0.2) is 0 Å². The Morgan fingerprint density at radius 2 is 2.21 bits per heavy atom. The molecule has 0 radical (unpaired) electrons. The van der Waals surface area contributed by atoms with Gasteiger partial charge in [0.1, 0.15) is 0 Å². The maximum absolute atomic E-state index is 10.4. The maximum Gasteiger partial charge on any atom is 0.306 e. The summed E-state index contributed by atoms with van der Waals surface area (Å²) in [6.45, 7) is 1.84. The zero-order valence-corrected chi connectivity index (χ0v) is 9.28. The molecule has 0 aromatic heterocycles. The molecule has 0 aliphatic heterocycles. The first-order valence-corrected chi connectivity index (χ1v) is 4.96.